The standard InChI is InChI=1S/C27H32O10/c1-6-16(10-28)25(31)35-18-8-13(3)20-22(18)27(12-34-27)9-19(21-14(4)24(30)37-23(20)21)36-26(32)17(7-2)11-33-15(5)29/h6-8,18-23,28H,4,9-12H2,1-3,5H3/b16-6-,17-7+/t18-,19+,20-,21-,22-,23-,27-/m1/s1. The van der Waals surface area contributed by atoms with Crippen molar-refractivity contribution in [1.82, 2.24) is 0 Å². The Morgan fingerprint density at radius 1 is 1.16 bits per heavy atom. The van der Waals surface area contributed by atoms with Gasteiger partial charge in [0.2, 0.25) is 0 Å². The van der Waals surface area contributed by atoms with Gasteiger partial charge in [-0.1, -0.05) is 24.3 Å². The second-order valence-electron chi connectivity index (χ2n) is 9.82. The summed E-state index contributed by atoms with van der Waals surface area (Å²) in [7, 11) is 0. The van der Waals surface area contributed by atoms with E-state index in [0.29, 0.717) is 6.61 Å². The van der Waals surface area contributed by atoms with E-state index in [1.807, 2.05) is 13.0 Å². The Morgan fingerprint density at radius 2 is 1.81 bits per heavy atom. The summed E-state index contributed by atoms with van der Waals surface area (Å²) in [6.07, 6.45) is 2.84. The number of hydrogen-bond donors (Lipinski definition) is 1. The molecular weight excluding hydrogens is 484 g/mol. The summed E-state index contributed by atoms with van der Waals surface area (Å²) >= 11 is 0. The van der Waals surface area contributed by atoms with Crippen molar-refractivity contribution >= 4 is 23.9 Å². The monoisotopic (exact) mass is 516 g/mol. The van der Waals surface area contributed by atoms with Crippen molar-refractivity contribution in [2.75, 3.05) is 19.8 Å². The second-order valence-corrected chi connectivity index (χ2v) is 9.82. The highest BCUT2D eigenvalue weighted by molar-refractivity contribution is 5.92. The normalized spacial score (nSPS) is 34.7. The minimum atomic E-state index is -0.815. The fourth-order valence-corrected chi connectivity index (χ4v) is 5.75. The number of epoxide rings is 1. The topological polar surface area (TPSA) is 138 Å². The first kappa shape index (κ1) is 26.8. The third-order valence-corrected chi connectivity index (χ3v) is 7.70. The van der Waals surface area contributed by atoms with Gasteiger partial charge in [-0.2, -0.15) is 0 Å². The number of hydrogen-bond acceptors (Lipinski definition) is 10. The molecule has 10 nitrogen and oxygen atoms in total. The first-order valence-electron chi connectivity index (χ1n) is 12.3. The zero-order valence-electron chi connectivity index (χ0n) is 21.4. The van der Waals surface area contributed by atoms with Gasteiger partial charge in [0.25, 0.3) is 0 Å². The maximum absolute atomic E-state index is 13.0. The second kappa shape index (κ2) is 10.3. The van der Waals surface area contributed by atoms with Crippen LogP contribution in [-0.2, 0) is 42.9 Å². The Kier molecular flexibility index (Phi) is 7.43. The van der Waals surface area contributed by atoms with E-state index >= 15 is 0 Å². The van der Waals surface area contributed by atoms with Gasteiger partial charge in [0.1, 0.15) is 30.5 Å². The molecule has 10 heteroatoms. The molecule has 2 saturated heterocycles. The number of ether oxygens (including phenoxy) is 5. The highest BCUT2D eigenvalue weighted by Crippen LogP contribution is 2.58. The Morgan fingerprint density at radius 3 is 2.38 bits per heavy atom. The summed E-state index contributed by atoms with van der Waals surface area (Å²) < 4.78 is 28.4. The third kappa shape index (κ3) is 4.87. The number of allylic oxidation sites excluding steroid dienone is 2. The molecule has 4 rings (SSSR count). The summed E-state index contributed by atoms with van der Waals surface area (Å²) in [5, 5.41) is 9.49. The van der Waals surface area contributed by atoms with E-state index in [4.69, 9.17) is 23.7 Å². The van der Waals surface area contributed by atoms with Gasteiger partial charge in [-0.05, 0) is 26.8 Å². The van der Waals surface area contributed by atoms with Crippen LogP contribution in [0.4, 0.5) is 0 Å². The summed E-state index contributed by atoms with van der Waals surface area (Å²) in [5.41, 5.74) is 0.560. The Balaban J connectivity index is 1.65. The van der Waals surface area contributed by atoms with Crippen molar-refractivity contribution < 1.29 is 48.0 Å². The van der Waals surface area contributed by atoms with Crippen molar-refractivity contribution in [2.45, 2.75) is 58.0 Å². The zero-order valence-corrected chi connectivity index (χ0v) is 21.4. The number of rotatable bonds is 7. The molecule has 0 unspecified atom stereocenters. The van der Waals surface area contributed by atoms with Gasteiger partial charge < -0.3 is 28.8 Å². The molecule has 0 aromatic carbocycles. The van der Waals surface area contributed by atoms with Crippen molar-refractivity contribution in [1.29, 1.82) is 0 Å². The molecule has 2 aliphatic heterocycles. The smallest absolute Gasteiger partial charge is 0.337 e. The molecule has 0 aromatic rings. The van der Waals surface area contributed by atoms with Crippen LogP contribution in [-0.4, -0.2) is 72.7 Å². The molecule has 1 spiro atoms. The van der Waals surface area contributed by atoms with Crippen molar-refractivity contribution in [3.63, 3.8) is 0 Å². The predicted molar refractivity (Wildman–Crippen MR) is 128 cm³/mol. The molecule has 7 atom stereocenters. The van der Waals surface area contributed by atoms with E-state index in [1.165, 1.54) is 19.1 Å². The minimum absolute atomic E-state index is 0.130. The number of esters is 4. The lowest BCUT2D eigenvalue weighted by Crippen LogP contribution is -2.41. The van der Waals surface area contributed by atoms with Crippen molar-refractivity contribution in [3.05, 3.63) is 47.1 Å². The average molecular weight is 517 g/mol. The van der Waals surface area contributed by atoms with Crippen LogP contribution >= 0.6 is 0 Å². The quantitative estimate of drug-likeness (QED) is 0.175. The van der Waals surface area contributed by atoms with Crippen LogP contribution in [0.15, 0.2) is 47.1 Å². The fraction of sp³-hybridized carbons (Fsp3) is 0.556. The van der Waals surface area contributed by atoms with Gasteiger partial charge in [0.05, 0.1) is 30.3 Å². The van der Waals surface area contributed by atoms with Crippen LogP contribution in [0.1, 0.15) is 34.1 Å². The molecule has 1 N–H and O–H groups in total. The zero-order chi connectivity index (χ0) is 27.1. The fourth-order valence-electron chi connectivity index (χ4n) is 5.75. The Labute approximate surface area is 214 Å². The van der Waals surface area contributed by atoms with E-state index in [9.17, 15) is 24.3 Å². The molecule has 4 aliphatic rings. The number of fused-ring (bicyclic) bond motifs is 4. The van der Waals surface area contributed by atoms with Gasteiger partial charge in [-0.15, -0.1) is 0 Å². The number of carbonyl (C=O) groups is 4. The summed E-state index contributed by atoms with van der Waals surface area (Å²) in [5.74, 6) is -3.83. The van der Waals surface area contributed by atoms with E-state index in [1.54, 1.807) is 13.8 Å². The lowest BCUT2D eigenvalue weighted by Gasteiger charge is -2.31. The summed E-state index contributed by atoms with van der Waals surface area (Å²) in [6.45, 7) is 9.96. The SMILES string of the molecule is C=C1C(=O)O[C@@H]2[C@@H]3C(C)=C[C@@H](OC(=O)/C(=C\C)CO)[C@H]3[C@]3(CO3)C[C@H](OC(=O)/C(=C/C)COC(C)=O)[C@@H]12. The number of carbonyl (C=O) groups excluding carboxylic acids is 4. The third-order valence-electron chi connectivity index (χ3n) is 7.70. The van der Waals surface area contributed by atoms with E-state index in [0.717, 1.165) is 5.57 Å². The Hall–Kier alpha value is -3.24. The van der Waals surface area contributed by atoms with Crippen molar-refractivity contribution in [3.8, 4) is 0 Å². The average Bonchev–Trinajstić information content (AvgIpc) is 3.47. The first-order chi connectivity index (χ1) is 17.6. The molecule has 37 heavy (non-hydrogen) atoms. The molecule has 0 radical (unpaired) electrons. The van der Waals surface area contributed by atoms with E-state index in [2.05, 4.69) is 6.58 Å². The van der Waals surface area contributed by atoms with Gasteiger partial charge in [-0.25, -0.2) is 14.4 Å². The minimum Gasteiger partial charge on any atom is -0.461 e. The van der Waals surface area contributed by atoms with Gasteiger partial charge in [0, 0.05) is 30.8 Å². The molecular formula is C27H32O10. The van der Waals surface area contributed by atoms with E-state index < -0.39 is 66.2 Å². The molecule has 200 valence electrons. The van der Waals surface area contributed by atoms with Crippen LogP contribution in [0.3, 0.4) is 0 Å². The van der Waals surface area contributed by atoms with Crippen LogP contribution in [0.2, 0.25) is 0 Å². The molecule has 0 bridgehead atoms. The van der Waals surface area contributed by atoms with Crippen LogP contribution in [0.5, 0.6) is 0 Å². The highest BCUT2D eigenvalue weighted by Gasteiger charge is 2.68. The molecule has 2 heterocycles. The van der Waals surface area contributed by atoms with E-state index in [-0.39, 0.29) is 35.7 Å². The lowest BCUT2D eigenvalue weighted by molar-refractivity contribution is -0.151. The Bertz CT molecular complexity index is 1110. The molecule has 2 aliphatic carbocycles. The predicted octanol–water partition coefficient (Wildman–Crippen LogP) is 1.72. The summed E-state index contributed by atoms with van der Waals surface area (Å²) in [6, 6.07) is 0. The first-order valence-corrected chi connectivity index (χ1v) is 12.3. The maximum Gasteiger partial charge on any atom is 0.337 e. The summed E-state index contributed by atoms with van der Waals surface area (Å²) in [4.78, 5) is 49.6. The number of aliphatic hydroxyl groups is 1. The molecule has 3 fully saturated rings. The van der Waals surface area contributed by atoms with Crippen LogP contribution in [0.25, 0.3) is 0 Å². The number of aliphatic hydroxyl groups excluding tert-OH is 1. The highest BCUT2D eigenvalue weighted by atomic mass is 16.6. The molecule has 0 amide bonds. The van der Waals surface area contributed by atoms with Crippen molar-refractivity contribution in [2.24, 2.45) is 17.8 Å². The molecule has 1 saturated carbocycles. The van der Waals surface area contributed by atoms with Gasteiger partial charge in [-0.3, -0.25) is 4.79 Å². The lowest BCUT2D eigenvalue weighted by atomic mass is 9.77. The maximum atomic E-state index is 13.0. The van der Waals surface area contributed by atoms with Crippen LogP contribution < -0.4 is 0 Å². The molecule has 0 aromatic heterocycles. The van der Waals surface area contributed by atoms with Crippen LogP contribution in [0, 0.1) is 17.8 Å². The largest absolute Gasteiger partial charge is 0.461 e. The van der Waals surface area contributed by atoms with Gasteiger partial charge in [0.15, 0.2) is 0 Å². The van der Waals surface area contributed by atoms with Gasteiger partial charge >= 0.3 is 23.9 Å².